The molecule has 3 N–H and O–H groups in total. The van der Waals surface area contributed by atoms with Crippen molar-refractivity contribution in [2.75, 3.05) is 5.32 Å². The minimum absolute atomic E-state index is 0.448. The summed E-state index contributed by atoms with van der Waals surface area (Å²) in [6.45, 7) is 6.60. The molecule has 0 fully saturated rings. The molecular formula is C14H18F3N3O2. The van der Waals surface area contributed by atoms with Gasteiger partial charge in [0.05, 0.1) is 0 Å². The lowest BCUT2D eigenvalue weighted by atomic mass is 10.1. The zero-order valence-electron chi connectivity index (χ0n) is 12.7. The van der Waals surface area contributed by atoms with Crippen molar-refractivity contribution in [3.63, 3.8) is 0 Å². The highest BCUT2D eigenvalue weighted by Crippen LogP contribution is 2.20. The van der Waals surface area contributed by atoms with Gasteiger partial charge in [0, 0.05) is 17.7 Å². The van der Waals surface area contributed by atoms with Gasteiger partial charge in [-0.1, -0.05) is 0 Å². The highest BCUT2D eigenvalue weighted by molar-refractivity contribution is 5.96. The molecule has 1 rings (SSSR count). The van der Waals surface area contributed by atoms with E-state index < -0.39 is 46.7 Å². The Morgan fingerprint density at radius 2 is 1.59 bits per heavy atom. The zero-order valence-corrected chi connectivity index (χ0v) is 12.7. The van der Waals surface area contributed by atoms with Crippen LogP contribution in [0.25, 0.3) is 0 Å². The second-order valence-electron chi connectivity index (χ2n) is 5.80. The van der Waals surface area contributed by atoms with E-state index in [1.54, 1.807) is 20.8 Å². The van der Waals surface area contributed by atoms with Crippen LogP contribution in [0.4, 0.5) is 23.7 Å². The maximum atomic E-state index is 13.4. The smallest absolute Gasteiger partial charge is 0.315 e. The average Bonchev–Trinajstić information content (AvgIpc) is 2.30. The van der Waals surface area contributed by atoms with E-state index in [4.69, 9.17) is 0 Å². The van der Waals surface area contributed by atoms with Gasteiger partial charge in [-0.15, -0.1) is 0 Å². The van der Waals surface area contributed by atoms with Crippen molar-refractivity contribution < 1.29 is 22.8 Å². The largest absolute Gasteiger partial charge is 0.334 e. The van der Waals surface area contributed by atoms with Gasteiger partial charge in [-0.05, 0) is 27.7 Å². The molecule has 8 heteroatoms. The highest BCUT2D eigenvalue weighted by Gasteiger charge is 2.21. The van der Waals surface area contributed by atoms with E-state index in [1.165, 1.54) is 6.92 Å². The number of nitrogens with one attached hydrogen (secondary N) is 3. The number of anilines is 1. The summed E-state index contributed by atoms with van der Waals surface area (Å²) < 4.78 is 39.6. The average molecular weight is 317 g/mol. The lowest BCUT2D eigenvalue weighted by molar-refractivity contribution is -0.117. The third kappa shape index (κ3) is 5.27. The summed E-state index contributed by atoms with van der Waals surface area (Å²) >= 11 is 0. The van der Waals surface area contributed by atoms with E-state index >= 15 is 0 Å². The normalized spacial score (nSPS) is 12.5. The molecule has 1 aromatic carbocycles. The first kappa shape index (κ1) is 17.8. The molecule has 1 aromatic rings. The van der Waals surface area contributed by atoms with E-state index in [1.807, 2.05) is 5.32 Å². The summed E-state index contributed by atoms with van der Waals surface area (Å²) in [5.41, 5.74) is -1.27. The van der Waals surface area contributed by atoms with Crippen LogP contribution < -0.4 is 16.0 Å². The molecule has 0 bridgehead atoms. The van der Waals surface area contributed by atoms with E-state index in [2.05, 4.69) is 10.6 Å². The summed E-state index contributed by atoms with van der Waals surface area (Å²) in [5.74, 6) is -4.41. The van der Waals surface area contributed by atoms with Crippen LogP contribution in [0.1, 0.15) is 27.7 Å². The van der Waals surface area contributed by atoms with Crippen molar-refractivity contribution in [3.8, 4) is 0 Å². The molecule has 0 aliphatic heterocycles. The van der Waals surface area contributed by atoms with Gasteiger partial charge in [0.25, 0.3) is 0 Å². The van der Waals surface area contributed by atoms with Gasteiger partial charge in [0.1, 0.15) is 17.5 Å². The van der Waals surface area contributed by atoms with E-state index in [9.17, 15) is 22.8 Å². The third-order valence-corrected chi connectivity index (χ3v) is 2.48. The molecule has 0 aromatic heterocycles. The second kappa shape index (κ2) is 6.67. The number of halogens is 3. The Kier molecular flexibility index (Phi) is 5.40. The third-order valence-electron chi connectivity index (χ3n) is 2.48. The predicted molar refractivity (Wildman–Crippen MR) is 75.8 cm³/mol. The molecule has 0 heterocycles. The van der Waals surface area contributed by atoms with Crippen LogP contribution in [0.15, 0.2) is 12.1 Å². The Bertz CT molecular complexity index is 562. The van der Waals surface area contributed by atoms with E-state index in [0.29, 0.717) is 12.1 Å². The van der Waals surface area contributed by atoms with Crippen molar-refractivity contribution in [3.05, 3.63) is 29.6 Å². The summed E-state index contributed by atoms with van der Waals surface area (Å²) in [7, 11) is 0. The van der Waals surface area contributed by atoms with Gasteiger partial charge in [0.15, 0.2) is 11.6 Å². The van der Waals surface area contributed by atoms with Crippen LogP contribution in [-0.4, -0.2) is 23.5 Å². The lowest BCUT2D eigenvalue weighted by Crippen LogP contribution is -2.51. The van der Waals surface area contributed by atoms with Crippen molar-refractivity contribution in [2.24, 2.45) is 0 Å². The number of carbonyl (C=O) groups excluding carboxylic acids is 2. The standard InChI is InChI=1S/C14H18F3N3O2/c1-7(18-13(22)20-14(2,3)4)12(21)19-11-9(16)5-8(15)6-10(11)17/h5-7H,1-4H3,(H,19,21)(H2,18,20,22)/t7-/m0/s1. The summed E-state index contributed by atoms with van der Waals surface area (Å²) in [4.78, 5) is 23.4. The molecule has 0 aliphatic rings. The minimum atomic E-state index is -1.24. The molecule has 22 heavy (non-hydrogen) atoms. The second-order valence-corrected chi connectivity index (χ2v) is 5.80. The van der Waals surface area contributed by atoms with E-state index in [0.717, 1.165) is 0 Å². The summed E-state index contributed by atoms with van der Waals surface area (Å²) in [5, 5.41) is 6.87. The minimum Gasteiger partial charge on any atom is -0.334 e. The molecule has 0 unspecified atom stereocenters. The van der Waals surface area contributed by atoms with Gasteiger partial charge < -0.3 is 16.0 Å². The van der Waals surface area contributed by atoms with Gasteiger partial charge >= 0.3 is 6.03 Å². The molecule has 0 radical (unpaired) electrons. The first-order chi connectivity index (χ1) is 9.99. The molecule has 1 atom stereocenters. The SMILES string of the molecule is C[C@H](NC(=O)NC(C)(C)C)C(=O)Nc1c(F)cc(F)cc1F. The highest BCUT2D eigenvalue weighted by atomic mass is 19.1. The van der Waals surface area contributed by atoms with Crippen LogP contribution in [0.3, 0.4) is 0 Å². The van der Waals surface area contributed by atoms with Crippen molar-refractivity contribution in [1.82, 2.24) is 10.6 Å². The van der Waals surface area contributed by atoms with Crippen molar-refractivity contribution in [1.29, 1.82) is 0 Å². The molecule has 0 spiro atoms. The Balaban J connectivity index is 2.71. The van der Waals surface area contributed by atoms with Crippen LogP contribution in [0.5, 0.6) is 0 Å². The fourth-order valence-corrected chi connectivity index (χ4v) is 1.53. The van der Waals surface area contributed by atoms with Crippen molar-refractivity contribution >= 4 is 17.6 Å². The monoisotopic (exact) mass is 317 g/mol. The number of rotatable bonds is 3. The fraction of sp³-hybridized carbons (Fsp3) is 0.429. The molecule has 5 nitrogen and oxygen atoms in total. The quantitative estimate of drug-likeness (QED) is 0.802. The topological polar surface area (TPSA) is 70.2 Å². The Morgan fingerprint density at radius 1 is 1.09 bits per heavy atom. The van der Waals surface area contributed by atoms with Gasteiger partial charge in [0.2, 0.25) is 5.91 Å². The number of hydrogen-bond acceptors (Lipinski definition) is 2. The van der Waals surface area contributed by atoms with Crippen LogP contribution in [-0.2, 0) is 4.79 Å². The Morgan fingerprint density at radius 3 is 2.05 bits per heavy atom. The number of urea groups is 1. The van der Waals surface area contributed by atoms with Gasteiger partial charge in [-0.25, -0.2) is 18.0 Å². The Labute approximate surface area is 126 Å². The molecule has 3 amide bonds. The Hall–Kier alpha value is -2.25. The number of carbonyl (C=O) groups is 2. The zero-order chi connectivity index (χ0) is 17.1. The first-order valence-electron chi connectivity index (χ1n) is 6.53. The molecule has 122 valence electrons. The number of benzene rings is 1. The van der Waals surface area contributed by atoms with Gasteiger partial charge in [-0.2, -0.15) is 0 Å². The summed E-state index contributed by atoms with van der Waals surface area (Å²) in [6.07, 6.45) is 0. The lowest BCUT2D eigenvalue weighted by Gasteiger charge is -2.22. The predicted octanol–water partition coefficient (Wildman–Crippen LogP) is 2.53. The van der Waals surface area contributed by atoms with Crippen LogP contribution >= 0.6 is 0 Å². The van der Waals surface area contributed by atoms with Gasteiger partial charge in [-0.3, -0.25) is 4.79 Å². The maximum Gasteiger partial charge on any atom is 0.315 e. The molecular weight excluding hydrogens is 299 g/mol. The molecule has 0 aliphatic carbocycles. The number of amides is 3. The first-order valence-corrected chi connectivity index (χ1v) is 6.53. The summed E-state index contributed by atoms with van der Waals surface area (Å²) in [6, 6.07) is -0.756. The van der Waals surface area contributed by atoms with E-state index in [-0.39, 0.29) is 0 Å². The number of hydrogen-bond donors (Lipinski definition) is 3. The van der Waals surface area contributed by atoms with Crippen molar-refractivity contribution in [2.45, 2.75) is 39.3 Å². The van der Waals surface area contributed by atoms with Crippen LogP contribution in [0, 0.1) is 17.5 Å². The molecule has 0 saturated heterocycles. The fourth-order valence-electron chi connectivity index (χ4n) is 1.53. The molecule has 0 saturated carbocycles. The van der Waals surface area contributed by atoms with Crippen LogP contribution in [0.2, 0.25) is 0 Å². The maximum absolute atomic E-state index is 13.4.